The maximum Gasteiger partial charge on any atom is 0.161 e. The van der Waals surface area contributed by atoms with Crippen molar-refractivity contribution >= 4 is 17.2 Å². The van der Waals surface area contributed by atoms with Gasteiger partial charge in [-0.1, -0.05) is 95.1 Å². The van der Waals surface area contributed by atoms with Gasteiger partial charge in [0.2, 0.25) is 0 Å². The van der Waals surface area contributed by atoms with E-state index in [1.165, 1.54) is 89.9 Å². The lowest BCUT2D eigenvalue weighted by molar-refractivity contribution is 0.292. The second kappa shape index (κ2) is 21.9. The Kier molecular flexibility index (Phi) is 19.6. The summed E-state index contributed by atoms with van der Waals surface area (Å²) in [6, 6.07) is 5.85. The van der Waals surface area contributed by atoms with Crippen molar-refractivity contribution in [2.75, 3.05) is 26.8 Å². The molecule has 3 N–H and O–H groups in total. The molecule has 0 unspecified atom stereocenters. The normalized spacial score (nSPS) is 11.2. The number of hydrogen-bond donors (Lipinski definition) is 2. The molecule has 34 heavy (non-hydrogen) atoms. The number of nitrogens with two attached hydrogens (primary N) is 1. The maximum absolute atomic E-state index is 5.86. The highest BCUT2D eigenvalue weighted by Gasteiger charge is 2.06. The van der Waals surface area contributed by atoms with Gasteiger partial charge in [0.15, 0.2) is 11.5 Å². The number of thiocarbonyl (C=S) groups is 1. The predicted octanol–water partition coefficient (Wildman–Crippen LogP) is 7.53. The first-order valence-corrected chi connectivity index (χ1v) is 14.0. The molecular formula is C29H50N2O2S. The zero-order chi connectivity index (χ0) is 24.7. The number of nitrogens with one attached hydrogen (secondary N) is 1. The van der Waals surface area contributed by atoms with E-state index in [0.717, 1.165) is 30.2 Å². The molecule has 194 valence electrons. The van der Waals surface area contributed by atoms with Crippen LogP contribution in [0.5, 0.6) is 11.5 Å². The number of allylic oxidation sites excluding steroid dienone is 2. The molecule has 0 spiro atoms. The minimum absolute atomic E-state index is 0.478. The monoisotopic (exact) mass is 490 g/mol. The summed E-state index contributed by atoms with van der Waals surface area (Å²) in [5.41, 5.74) is 6.66. The standard InChI is InChI=1S/C29H50N2O2S/c1-3-4-5-6-7-8-9-10-11-12-13-14-15-16-17-18-21-31-22-23-33-27-20-19-26(25-29(30)34)24-28(27)32-2/h10-11,19-20,24,31H,3-9,12-18,21-23,25H2,1-2H3,(H2,30,34)/b11-10-. The summed E-state index contributed by atoms with van der Waals surface area (Å²) in [7, 11) is 1.65. The highest BCUT2D eigenvalue weighted by molar-refractivity contribution is 7.80. The van der Waals surface area contributed by atoms with Crippen LogP contribution in [-0.2, 0) is 6.42 Å². The van der Waals surface area contributed by atoms with Gasteiger partial charge in [-0.05, 0) is 56.3 Å². The first-order valence-electron chi connectivity index (χ1n) is 13.6. The lowest BCUT2D eigenvalue weighted by atomic mass is 10.1. The second-order valence-electron chi connectivity index (χ2n) is 9.16. The van der Waals surface area contributed by atoms with Crippen LogP contribution in [0.15, 0.2) is 30.4 Å². The summed E-state index contributed by atoms with van der Waals surface area (Å²) >= 11 is 4.97. The van der Waals surface area contributed by atoms with Crippen LogP contribution in [0.1, 0.15) is 102 Å². The van der Waals surface area contributed by atoms with Gasteiger partial charge in [-0.2, -0.15) is 0 Å². The minimum atomic E-state index is 0.478. The molecule has 0 heterocycles. The molecule has 0 fully saturated rings. The van der Waals surface area contributed by atoms with Crippen molar-refractivity contribution in [3.8, 4) is 11.5 Å². The van der Waals surface area contributed by atoms with Gasteiger partial charge in [0.05, 0.1) is 12.1 Å². The Morgan fingerprint density at radius 2 is 1.47 bits per heavy atom. The van der Waals surface area contributed by atoms with E-state index in [0.29, 0.717) is 18.0 Å². The molecule has 0 saturated carbocycles. The fourth-order valence-corrected chi connectivity index (χ4v) is 4.16. The molecule has 0 saturated heterocycles. The highest BCUT2D eigenvalue weighted by Crippen LogP contribution is 2.28. The van der Waals surface area contributed by atoms with Crippen LogP contribution < -0.4 is 20.5 Å². The average molecular weight is 491 g/mol. The quantitative estimate of drug-likeness (QED) is 0.0943. The van der Waals surface area contributed by atoms with Crippen LogP contribution in [0.25, 0.3) is 0 Å². The molecule has 0 aliphatic heterocycles. The van der Waals surface area contributed by atoms with E-state index in [9.17, 15) is 0 Å². The van der Waals surface area contributed by atoms with Crippen LogP contribution in [-0.4, -0.2) is 31.8 Å². The van der Waals surface area contributed by atoms with Crippen molar-refractivity contribution in [1.29, 1.82) is 0 Å². The van der Waals surface area contributed by atoms with Gasteiger partial charge in [0, 0.05) is 13.0 Å². The van der Waals surface area contributed by atoms with Crippen LogP contribution in [0.4, 0.5) is 0 Å². The van der Waals surface area contributed by atoms with Crippen molar-refractivity contribution in [1.82, 2.24) is 5.32 Å². The van der Waals surface area contributed by atoms with Crippen LogP contribution in [0.2, 0.25) is 0 Å². The summed E-state index contributed by atoms with van der Waals surface area (Å²) in [5.74, 6) is 1.48. The van der Waals surface area contributed by atoms with Gasteiger partial charge in [-0.15, -0.1) is 0 Å². The summed E-state index contributed by atoms with van der Waals surface area (Å²) < 4.78 is 11.3. The van der Waals surface area contributed by atoms with E-state index in [2.05, 4.69) is 24.4 Å². The largest absolute Gasteiger partial charge is 0.493 e. The summed E-state index contributed by atoms with van der Waals surface area (Å²) in [5, 5.41) is 3.47. The topological polar surface area (TPSA) is 56.5 Å². The molecule has 0 aliphatic carbocycles. The van der Waals surface area contributed by atoms with E-state index in [1.807, 2.05) is 18.2 Å². The molecule has 0 aromatic heterocycles. The summed E-state index contributed by atoms with van der Waals surface area (Å²) in [4.78, 5) is 0.478. The average Bonchev–Trinajstić information content (AvgIpc) is 2.83. The molecule has 1 rings (SSSR count). The molecule has 0 amide bonds. The van der Waals surface area contributed by atoms with Gasteiger partial charge in [0.1, 0.15) is 6.61 Å². The highest BCUT2D eigenvalue weighted by atomic mass is 32.1. The van der Waals surface area contributed by atoms with E-state index < -0.39 is 0 Å². The van der Waals surface area contributed by atoms with Gasteiger partial charge < -0.3 is 20.5 Å². The lowest BCUT2D eigenvalue weighted by Crippen LogP contribution is -2.22. The Labute approximate surface area is 215 Å². The van der Waals surface area contributed by atoms with Crippen LogP contribution >= 0.6 is 12.2 Å². The molecular weight excluding hydrogens is 440 g/mol. The van der Waals surface area contributed by atoms with Gasteiger partial charge >= 0.3 is 0 Å². The van der Waals surface area contributed by atoms with E-state index in [4.69, 9.17) is 27.4 Å². The Morgan fingerprint density at radius 1 is 0.853 bits per heavy atom. The minimum Gasteiger partial charge on any atom is -0.493 e. The molecule has 1 aromatic rings. The fraction of sp³-hybridized carbons (Fsp3) is 0.690. The van der Waals surface area contributed by atoms with Crippen molar-refractivity contribution in [3.63, 3.8) is 0 Å². The molecule has 4 nitrogen and oxygen atoms in total. The SMILES string of the molecule is CCCCCCCC/C=C\CCCCCCCCNCCOc1ccc(CC(N)=S)cc1OC. The molecule has 0 atom stereocenters. The molecule has 0 radical (unpaired) electrons. The Bertz CT molecular complexity index is 664. The number of unbranched alkanes of at least 4 members (excludes halogenated alkanes) is 12. The number of rotatable bonds is 23. The van der Waals surface area contributed by atoms with Crippen molar-refractivity contribution in [2.45, 2.75) is 103 Å². The van der Waals surface area contributed by atoms with E-state index in [-0.39, 0.29) is 0 Å². The molecule has 0 aliphatic rings. The van der Waals surface area contributed by atoms with Crippen LogP contribution in [0.3, 0.4) is 0 Å². The first-order chi connectivity index (χ1) is 16.7. The summed E-state index contributed by atoms with van der Waals surface area (Å²) in [6.07, 6.45) is 24.2. The third-order valence-electron chi connectivity index (χ3n) is 6.01. The molecule has 1 aromatic carbocycles. The summed E-state index contributed by atoms with van der Waals surface area (Å²) in [6.45, 7) is 4.79. The maximum atomic E-state index is 5.86. The van der Waals surface area contributed by atoms with Gasteiger partial charge in [-0.25, -0.2) is 0 Å². The van der Waals surface area contributed by atoms with E-state index >= 15 is 0 Å². The zero-order valence-corrected chi connectivity index (χ0v) is 22.7. The second-order valence-corrected chi connectivity index (χ2v) is 9.69. The number of hydrogen-bond acceptors (Lipinski definition) is 4. The first kappa shape index (κ1) is 30.4. The molecule has 5 heteroatoms. The smallest absolute Gasteiger partial charge is 0.161 e. The van der Waals surface area contributed by atoms with Crippen molar-refractivity contribution in [2.24, 2.45) is 5.73 Å². The predicted molar refractivity (Wildman–Crippen MR) is 151 cm³/mol. The zero-order valence-electron chi connectivity index (χ0n) is 21.9. The fourth-order valence-electron chi connectivity index (χ4n) is 4.00. The Morgan fingerprint density at radius 3 is 2.09 bits per heavy atom. The van der Waals surface area contributed by atoms with E-state index in [1.54, 1.807) is 7.11 Å². The number of methoxy groups -OCH3 is 1. The van der Waals surface area contributed by atoms with Gasteiger partial charge in [0.25, 0.3) is 0 Å². The van der Waals surface area contributed by atoms with Crippen LogP contribution in [0, 0.1) is 0 Å². The number of ether oxygens (including phenoxy) is 2. The van der Waals surface area contributed by atoms with Gasteiger partial charge in [-0.3, -0.25) is 0 Å². The van der Waals surface area contributed by atoms with Crippen molar-refractivity contribution < 1.29 is 9.47 Å². The lowest BCUT2D eigenvalue weighted by Gasteiger charge is -2.12. The Hall–Kier alpha value is -1.59. The van der Waals surface area contributed by atoms with Crippen molar-refractivity contribution in [3.05, 3.63) is 35.9 Å². The molecule has 0 bridgehead atoms. The third kappa shape index (κ3) is 16.9. The Balaban J connectivity index is 1.90. The number of benzene rings is 1. The third-order valence-corrected chi connectivity index (χ3v) is 6.15.